The van der Waals surface area contributed by atoms with E-state index in [1.165, 1.54) is 36.1 Å². The molecule has 0 spiro atoms. The number of benzene rings is 1. The van der Waals surface area contributed by atoms with Crippen LogP contribution in [-0.4, -0.2) is 26.8 Å². The van der Waals surface area contributed by atoms with E-state index >= 15 is 0 Å². The van der Waals surface area contributed by atoms with Gasteiger partial charge in [0.15, 0.2) is 11.4 Å². The Morgan fingerprint density at radius 3 is 2.72 bits per heavy atom. The molecule has 25 heavy (non-hydrogen) atoms. The van der Waals surface area contributed by atoms with E-state index in [1.807, 2.05) is 19.9 Å². The van der Waals surface area contributed by atoms with E-state index in [9.17, 15) is 9.90 Å². The van der Waals surface area contributed by atoms with E-state index in [2.05, 4.69) is 9.97 Å². The molecule has 3 rings (SSSR count). The van der Waals surface area contributed by atoms with Gasteiger partial charge in [0.25, 0.3) is 5.56 Å². The molecule has 0 radical (unpaired) electrons. The minimum Gasteiger partial charge on any atom is -0.508 e. The van der Waals surface area contributed by atoms with Crippen LogP contribution in [0.5, 0.6) is 11.5 Å². The Morgan fingerprint density at radius 1 is 1.32 bits per heavy atom. The highest BCUT2D eigenvalue weighted by Crippen LogP contribution is 2.24. The first kappa shape index (κ1) is 16.5. The number of nitrogens with zero attached hydrogens (tertiary/aromatic N) is 4. The molecule has 0 unspecified atom stereocenters. The molecule has 3 aromatic rings. The zero-order chi connectivity index (χ0) is 18.1. The second-order valence-electron chi connectivity index (χ2n) is 5.82. The van der Waals surface area contributed by atoms with E-state index in [-0.39, 0.29) is 28.7 Å². The molecule has 126 valence electrons. The lowest BCUT2D eigenvalue weighted by Crippen LogP contribution is -2.25. The molecule has 0 fully saturated rings. The van der Waals surface area contributed by atoms with Crippen LogP contribution in [0.15, 0.2) is 35.3 Å². The Kier molecular flexibility index (Phi) is 4.11. The molecule has 0 aliphatic heterocycles. The zero-order valence-electron chi connectivity index (χ0n) is 14.0. The fraction of sp³-hybridized carbons (Fsp3) is 0.222. The highest BCUT2D eigenvalue weighted by molar-refractivity contribution is 5.79. The number of aromatic hydroxyl groups is 1. The highest BCUT2D eigenvalue weighted by atomic mass is 16.5. The van der Waals surface area contributed by atoms with Crippen molar-refractivity contribution < 1.29 is 9.84 Å². The van der Waals surface area contributed by atoms with Gasteiger partial charge in [0.2, 0.25) is 0 Å². The third-order valence-corrected chi connectivity index (χ3v) is 3.82. The predicted octanol–water partition coefficient (Wildman–Crippen LogP) is 2.49. The maximum Gasteiger partial charge on any atom is 0.266 e. The molecule has 0 amide bonds. The number of phenolic OH excluding ortho intramolecular Hbond substituents is 1. The molecule has 7 nitrogen and oxygen atoms in total. The van der Waals surface area contributed by atoms with E-state index in [1.54, 1.807) is 6.07 Å². The summed E-state index contributed by atoms with van der Waals surface area (Å²) in [5.41, 5.74) is 0.761. The van der Waals surface area contributed by atoms with E-state index in [4.69, 9.17) is 10.00 Å². The number of ether oxygens (including phenoxy) is 1. The Balaban J connectivity index is 2.37. The van der Waals surface area contributed by atoms with Crippen LogP contribution in [0.1, 0.15) is 31.3 Å². The molecular formula is C18H16N4O3. The quantitative estimate of drug-likeness (QED) is 0.788. The number of methoxy groups -OCH3 is 1. The fourth-order valence-electron chi connectivity index (χ4n) is 2.62. The van der Waals surface area contributed by atoms with Gasteiger partial charge >= 0.3 is 0 Å². The molecule has 1 aromatic carbocycles. The van der Waals surface area contributed by atoms with Crippen LogP contribution in [0.3, 0.4) is 0 Å². The van der Waals surface area contributed by atoms with Crippen LogP contribution in [-0.2, 0) is 0 Å². The van der Waals surface area contributed by atoms with Crippen molar-refractivity contribution in [2.24, 2.45) is 0 Å². The highest BCUT2D eigenvalue weighted by Gasteiger charge is 2.17. The third kappa shape index (κ3) is 2.78. The maximum absolute atomic E-state index is 13.0. The Hall–Kier alpha value is -3.40. The van der Waals surface area contributed by atoms with E-state index < -0.39 is 0 Å². The van der Waals surface area contributed by atoms with Gasteiger partial charge in [0, 0.05) is 18.1 Å². The second kappa shape index (κ2) is 6.24. The van der Waals surface area contributed by atoms with Gasteiger partial charge in [-0.2, -0.15) is 5.26 Å². The Bertz CT molecular complexity index is 1060. The van der Waals surface area contributed by atoms with Crippen molar-refractivity contribution in [2.45, 2.75) is 19.8 Å². The van der Waals surface area contributed by atoms with Gasteiger partial charge < -0.3 is 9.84 Å². The number of rotatable bonds is 3. The third-order valence-electron chi connectivity index (χ3n) is 3.82. The fourth-order valence-corrected chi connectivity index (χ4v) is 2.62. The smallest absolute Gasteiger partial charge is 0.266 e. The molecule has 2 aromatic heterocycles. The van der Waals surface area contributed by atoms with Crippen LogP contribution in [0.4, 0.5) is 0 Å². The van der Waals surface area contributed by atoms with Gasteiger partial charge in [-0.3, -0.25) is 9.36 Å². The predicted molar refractivity (Wildman–Crippen MR) is 92.2 cm³/mol. The molecule has 0 atom stereocenters. The van der Waals surface area contributed by atoms with Crippen molar-refractivity contribution in [3.05, 3.63) is 52.3 Å². The summed E-state index contributed by atoms with van der Waals surface area (Å²) >= 11 is 0. The summed E-state index contributed by atoms with van der Waals surface area (Å²) in [4.78, 5) is 21.6. The van der Waals surface area contributed by atoms with Gasteiger partial charge in [0.05, 0.1) is 29.9 Å². The molecule has 0 aliphatic carbocycles. The summed E-state index contributed by atoms with van der Waals surface area (Å²) in [6.07, 6.45) is 1.45. The average molecular weight is 336 g/mol. The molecule has 0 saturated carbocycles. The summed E-state index contributed by atoms with van der Waals surface area (Å²) < 4.78 is 6.65. The van der Waals surface area contributed by atoms with Crippen molar-refractivity contribution in [1.29, 1.82) is 5.26 Å². The summed E-state index contributed by atoms with van der Waals surface area (Å²) in [7, 11) is 1.44. The monoisotopic (exact) mass is 336 g/mol. The lowest BCUT2D eigenvalue weighted by molar-refractivity contribution is 0.411. The number of hydrogen-bond donors (Lipinski definition) is 1. The second-order valence-corrected chi connectivity index (χ2v) is 5.82. The summed E-state index contributed by atoms with van der Waals surface area (Å²) in [5.74, 6) is 0.804. The van der Waals surface area contributed by atoms with Crippen molar-refractivity contribution >= 4 is 10.9 Å². The average Bonchev–Trinajstić information content (AvgIpc) is 2.60. The number of hydrogen-bond acceptors (Lipinski definition) is 6. The normalized spacial score (nSPS) is 10.8. The minimum absolute atomic E-state index is 0.0496. The summed E-state index contributed by atoms with van der Waals surface area (Å²) in [6, 6.07) is 7.98. The van der Waals surface area contributed by atoms with E-state index in [0.717, 1.165) is 0 Å². The van der Waals surface area contributed by atoms with Crippen molar-refractivity contribution in [2.75, 3.05) is 7.11 Å². The number of pyridine rings is 1. The van der Waals surface area contributed by atoms with Crippen LogP contribution >= 0.6 is 0 Å². The first-order chi connectivity index (χ1) is 12.0. The zero-order valence-corrected chi connectivity index (χ0v) is 14.0. The Labute approximate surface area is 143 Å². The summed E-state index contributed by atoms with van der Waals surface area (Å²) in [6.45, 7) is 3.84. The molecule has 7 heteroatoms. The van der Waals surface area contributed by atoms with Crippen LogP contribution in [0.2, 0.25) is 0 Å². The van der Waals surface area contributed by atoms with Crippen LogP contribution < -0.4 is 10.3 Å². The van der Waals surface area contributed by atoms with Gasteiger partial charge in [0.1, 0.15) is 17.6 Å². The van der Waals surface area contributed by atoms with Crippen LogP contribution in [0, 0.1) is 11.3 Å². The molecule has 0 saturated heterocycles. The SMILES string of the molecule is COc1cc(-n2c(C(C)C)nc3cc(O)ccc3c2=O)cnc1C#N. The lowest BCUT2D eigenvalue weighted by Gasteiger charge is -2.16. The van der Waals surface area contributed by atoms with Gasteiger partial charge in [-0.05, 0) is 12.1 Å². The van der Waals surface area contributed by atoms with Crippen molar-refractivity contribution in [3.8, 4) is 23.3 Å². The molecular weight excluding hydrogens is 320 g/mol. The van der Waals surface area contributed by atoms with Crippen LogP contribution in [0.25, 0.3) is 16.6 Å². The topological polar surface area (TPSA) is 101 Å². The first-order valence-electron chi connectivity index (χ1n) is 7.66. The molecule has 1 N–H and O–H groups in total. The van der Waals surface area contributed by atoms with Crippen molar-refractivity contribution in [1.82, 2.24) is 14.5 Å². The molecule has 0 aliphatic rings. The van der Waals surface area contributed by atoms with Gasteiger partial charge in [-0.1, -0.05) is 13.8 Å². The number of aromatic nitrogens is 3. The number of phenols is 1. The number of nitriles is 1. The van der Waals surface area contributed by atoms with Gasteiger partial charge in [-0.15, -0.1) is 0 Å². The minimum atomic E-state index is -0.276. The van der Waals surface area contributed by atoms with Crippen molar-refractivity contribution in [3.63, 3.8) is 0 Å². The first-order valence-corrected chi connectivity index (χ1v) is 7.66. The Morgan fingerprint density at radius 2 is 2.08 bits per heavy atom. The lowest BCUT2D eigenvalue weighted by atomic mass is 10.1. The maximum atomic E-state index is 13.0. The molecule has 0 bridgehead atoms. The standard InChI is InChI=1S/C18H16N4O3/c1-10(2)17-21-14-7-12(23)4-5-13(14)18(24)22(17)11-6-16(25-3)15(8-19)20-9-11/h4-7,9-10,23H,1-3H3. The molecule has 2 heterocycles. The van der Waals surface area contributed by atoms with E-state index in [0.29, 0.717) is 22.4 Å². The van der Waals surface area contributed by atoms with Gasteiger partial charge in [-0.25, -0.2) is 9.97 Å². The largest absolute Gasteiger partial charge is 0.508 e. The number of fused-ring (bicyclic) bond motifs is 1. The summed E-state index contributed by atoms with van der Waals surface area (Å²) in [5, 5.41) is 19.1.